The van der Waals surface area contributed by atoms with Crippen molar-refractivity contribution in [2.24, 2.45) is 29.2 Å². The zero-order chi connectivity index (χ0) is 10.7. The van der Waals surface area contributed by atoms with Crippen molar-refractivity contribution in [1.82, 2.24) is 0 Å². The van der Waals surface area contributed by atoms with E-state index in [0.29, 0.717) is 11.8 Å². The number of rotatable bonds is 4. The molecule has 14 heavy (non-hydrogen) atoms. The van der Waals surface area contributed by atoms with Crippen molar-refractivity contribution in [2.75, 3.05) is 0 Å². The molecule has 0 bridgehead atoms. The minimum Gasteiger partial charge on any atom is -0.368 e. The summed E-state index contributed by atoms with van der Waals surface area (Å²) in [7, 11) is 0. The molecule has 3 nitrogen and oxygen atoms in total. The Bertz CT molecular complexity index is 197. The molecule has 4 N–H and O–H groups in total. The fourth-order valence-electron chi connectivity index (χ4n) is 2.78. The van der Waals surface area contributed by atoms with Crippen molar-refractivity contribution < 1.29 is 4.79 Å². The molecule has 1 aliphatic rings. The van der Waals surface area contributed by atoms with E-state index >= 15 is 0 Å². The highest BCUT2D eigenvalue weighted by Crippen LogP contribution is 2.36. The van der Waals surface area contributed by atoms with Crippen LogP contribution in [0.3, 0.4) is 0 Å². The molecule has 1 amide bonds. The van der Waals surface area contributed by atoms with Gasteiger partial charge in [-0.1, -0.05) is 39.5 Å². The smallest absolute Gasteiger partial charge is 0.234 e. The van der Waals surface area contributed by atoms with Crippen molar-refractivity contribution in [3.63, 3.8) is 0 Å². The lowest BCUT2D eigenvalue weighted by molar-refractivity contribution is -0.121. The fraction of sp³-hybridized carbons (Fsp3) is 0.909. The lowest BCUT2D eigenvalue weighted by atomic mass is 9.77. The van der Waals surface area contributed by atoms with Gasteiger partial charge in [0.05, 0.1) is 6.04 Å². The summed E-state index contributed by atoms with van der Waals surface area (Å²) in [5.74, 6) is 0.976. The van der Waals surface area contributed by atoms with Crippen LogP contribution in [0.15, 0.2) is 0 Å². The fourth-order valence-corrected chi connectivity index (χ4v) is 2.78. The van der Waals surface area contributed by atoms with Crippen molar-refractivity contribution in [1.29, 1.82) is 0 Å². The molecule has 1 saturated carbocycles. The third kappa shape index (κ3) is 2.47. The van der Waals surface area contributed by atoms with Crippen LogP contribution in [0.4, 0.5) is 0 Å². The second-order valence-electron chi connectivity index (χ2n) is 4.79. The molecule has 0 heterocycles. The van der Waals surface area contributed by atoms with E-state index in [1.807, 2.05) is 0 Å². The number of amides is 1. The van der Waals surface area contributed by atoms with Crippen molar-refractivity contribution in [2.45, 2.75) is 45.6 Å². The summed E-state index contributed by atoms with van der Waals surface area (Å²) in [6, 6.07) is -0.460. The lowest BCUT2D eigenvalue weighted by Gasteiger charge is -2.30. The number of hydrogen-bond acceptors (Lipinski definition) is 2. The van der Waals surface area contributed by atoms with Gasteiger partial charge in [-0.25, -0.2) is 0 Å². The van der Waals surface area contributed by atoms with Gasteiger partial charge in [-0.05, 0) is 17.8 Å². The summed E-state index contributed by atoms with van der Waals surface area (Å²) >= 11 is 0. The van der Waals surface area contributed by atoms with E-state index in [1.165, 1.54) is 25.7 Å². The van der Waals surface area contributed by atoms with Crippen LogP contribution >= 0.6 is 0 Å². The van der Waals surface area contributed by atoms with Gasteiger partial charge < -0.3 is 11.5 Å². The van der Waals surface area contributed by atoms with E-state index in [2.05, 4.69) is 13.8 Å². The van der Waals surface area contributed by atoms with E-state index in [-0.39, 0.29) is 11.8 Å². The Morgan fingerprint density at radius 1 is 1.29 bits per heavy atom. The average molecular weight is 198 g/mol. The lowest BCUT2D eigenvalue weighted by Crippen LogP contribution is -2.47. The first-order chi connectivity index (χ1) is 6.54. The van der Waals surface area contributed by atoms with Crippen LogP contribution in [0.5, 0.6) is 0 Å². The third-order valence-corrected chi connectivity index (χ3v) is 3.46. The van der Waals surface area contributed by atoms with Gasteiger partial charge in [0, 0.05) is 0 Å². The van der Waals surface area contributed by atoms with Gasteiger partial charge in [0.15, 0.2) is 0 Å². The Kier molecular flexibility index (Phi) is 3.93. The minimum absolute atomic E-state index is 0.273. The van der Waals surface area contributed by atoms with Crippen molar-refractivity contribution in [3.05, 3.63) is 0 Å². The van der Waals surface area contributed by atoms with Gasteiger partial charge in [-0.2, -0.15) is 0 Å². The maximum Gasteiger partial charge on any atom is 0.234 e. The van der Waals surface area contributed by atoms with Crippen molar-refractivity contribution in [3.8, 4) is 0 Å². The molecule has 0 radical (unpaired) electrons. The Labute approximate surface area is 86.2 Å². The summed E-state index contributed by atoms with van der Waals surface area (Å²) in [4.78, 5) is 11.1. The average Bonchev–Trinajstić information content (AvgIpc) is 2.56. The van der Waals surface area contributed by atoms with Crippen LogP contribution in [0.2, 0.25) is 0 Å². The highest BCUT2D eigenvalue weighted by Gasteiger charge is 2.34. The van der Waals surface area contributed by atoms with Gasteiger partial charge in [0.1, 0.15) is 0 Å². The molecule has 0 aromatic heterocycles. The monoisotopic (exact) mass is 198 g/mol. The van der Waals surface area contributed by atoms with Crippen LogP contribution < -0.4 is 11.5 Å². The molecule has 0 aromatic rings. The van der Waals surface area contributed by atoms with Crippen LogP contribution in [0, 0.1) is 17.8 Å². The van der Waals surface area contributed by atoms with Crippen LogP contribution in [-0.2, 0) is 4.79 Å². The number of primary amides is 1. The second kappa shape index (κ2) is 4.78. The number of carbonyl (C=O) groups is 1. The van der Waals surface area contributed by atoms with Gasteiger partial charge >= 0.3 is 0 Å². The molecule has 1 fully saturated rings. The molecular weight excluding hydrogens is 176 g/mol. The highest BCUT2D eigenvalue weighted by molar-refractivity contribution is 5.80. The molecular formula is C11H22N2O. The molecule has 0 aliphatic heterocycles. The van der Waals surface area contributed by atoms with Crippen molar-refractivity contribution >= 4 is 5.91 Å². The maximum atomic E-state index is 11.1. The largest absolute Gasteiger partial charge is 0.368 e. The standard InChI is InChI=1S/C11H22N2O/c1-7(2)9(10(12)11(13)14)8-5-3-4-6-8/h7-10H,3-6,12H2,1-2H3,(H2,13,14). The number of nitrogens with two attached hydrogens (primary N) is 2. The molecule has 0 aromatic carbocycles. The summed E-state index contributed by atoms with van der Waals surface area (Å²) in [6.45, 7) is 4.26. The SMILES string of the molecule is CC(C)C(C1CCCC1)C(N)C(N)=O. The first-order valence-corrected chi connectivity index (χ1v) is 5.59. The molecule has 0 spiro atoms. The highest BCUT2D eigenvalue weighted by atomic mass is 16.1. The van der Waals surface area contributed by atoms with Crippen LogP contribution in [0.25, 0.3) is 0 Å². The van der Waals surface area contributed by atoms with E-state index in [1.54, 1.807) is 0 Å². The Balaban J connectivity index is 2.67. The molecule has 0 saturated heterocycles. The zero-order valence-corrected chi connectivity index (χ0v) is 9.20. The predicted molar refractivity (Wildman–Crippen MR) is 57.5 cm³/mol. The Morgan fingerprint density at radius 2 is 1.79 bits per heavy atom. The Hall–Kier alpha value is -0.570. The van der Waals surface area contributed by atoms with Gasteiger partial charge in [0.2, 0.25) is 5.91 Å². The summed E-state index contributed by atoms with van der Waals surface area (Å²) in [5.41, 5.74) is 11.1. The molecule has 2 unspecified atom stereocenters. The maximum absolute atomic E-state index is 11.1. The summed E-state index contributed by atoms with van der Waals surface area (Å²) in [6.07, 6.45) is 4.98. The summed E-state index contributed by atoms with van der Waals surface area (Å²) < 4.78 is 0. The molecule has 3 heteroatoms. The van der Waals surface area contributed by atoms with Crippen LogP contribution in [0.1, 0.15) is 39.5 Å². The first-order valence-electron chi connectivity index (χ1n) is 5.59. The third-order valence-electron chi connectivity index (χ3n) is 3.46. The normalized spacial score (nSPS) is 22.6. The van der Waals surface area contributed by atoms with E-state index in [9.17, 15) is 4.79 Å². The molecule has 2 atom stereocenters. The first kappa shape index (κ1) is 11.5. The molecule has 1 rings (SSSR count). The quantitative estimate of drug-likeness (QED) is 0.714. The molecule has 82 valence electrons. The topological polar surface area (TPSA) is 69.1 Å². The number of carbonyl (C=O) groups excluding carboxylic acids is 1. The van der Waals surface area contributed by atoms with Gasteiger partial charge in [0.25, 0.3) is 0 Å². The second-order valence-corrected chi connectivity index (χ2v) is 4.79. The molecule has 1 aliphatic carbocycles. The predicted octanol–water partition coefficient (Wildman–Crippen LogP) is 1.26. The van der Waals surface area contributed by atoms with E-state index < -0.39 is 6.04 Å². The van der Waals surface area contributed by atoms with E-state index in [0.717, 1.165) is 0 Å². The Morgan fingerprint density at radius 3 is 2.14 bits per heavy atom. The van der Waals surface area contributed by atoms with E-state index in [4.69, 9.17) is 11.5 Å². The van der Waals surface area contributed by atoms with Gasteiger partial charge in [-0.15, -0.1) is 0 Å². The zero-order valence-electron chi connectivity index (χ0n) is 9.20. The van der Waals surface area contributed by atoms with Gasteiger partial charge in [-0.3, -0.25) is 4.79 Å². The van der Waals surface area contributed by atoms with Crippen LogP contribution in [-0.4, -0.2) is 11.9 Å². The minimum atomic E-state index is -0.460. The number of hydrogen-bond donors (Lipinski definition) is 2. The summed E-state index contributed by atoms with van der Waals surface area (Å²) in [5, 5.41) is 0.